The van der Waals surface area contributed by atoms with Gasteiger partial charge in [-0.25, -0.2) is 0 Å². The van der Waals surface area contributed by atoms with Crippen LogP contribution in [0.5, 0.6) is 0 Å². The van der Waals surface area contributed by atoms with Gasteiger partial charge in [-0.1, -0.05) is 161 Å². The third-order valence-corrected chi connectivity index (χ3v) is 8.56. The fraction of sp³-hybridized carbons (Fsp3) is 0.190. The smallest absolute Gasteiger partial charge is 0.435 e. The maximum atomic E-state index is 5.22. The zero-order chi connectivity index (χ0) is 32.1. The van der Waals surface area contributed by atoms with Gasteiger partial charge in [0.05, 0.1) is 5.65 Å². The molecular formula is C42H38N4Pt. The molecule has 0 amide bonds. The van der Waals surface area contributed by atoms with Gasteiger partial charge in [0.1, 0.15) is 0 Å². The van der Waals surface area contributed by atoms with Crippen LogP contribution in [-0.4, -0.2) is 14.5 Å². The normalized spacial score (nSPS) is 11.9. The van der Waals surface area contributed by atoms with Crippen molar-refractivity contribution in [1.29, 1.82) is 0 Å². The van der Waals surface area contributed by atoms with E-state index in [1.54, 1.807) is 0 Å². The molecule has 0 fully saturated rings. The summed E-state index contributed by atoms with van der Waals surface area (Å²) >= 11 is 0. The van der Waals surface area contributed by atoms with Gasteiger partial charge >= 0.3 is 21.1 Å². The summed E-state index contributed by atoms with van der Waals surface area (Å²) in [5.74, 6) is 0.846. The van der Waals surface area contributed by atoms with Gasteiger partial charge in [0.15, 0.2) is 0 Å². The van der Waals surface area contributed by atoms with E-state index in [2.05, 4.69) is 125 Å². The summed E-state index contributed by atoms with van der Waals surface area (Å²) in [6.07, 6.45) is 3.88. The van der Waals surface area contributed by atoms with Crippen molar-refractivity contribution >= 4 is 11.0 Å². The third kappa shape index (κ3) is 6.66. The minimum atomic E-state index is 0. The molecule has 0 unspecified atom stereocenters. The average molecular weight is 794 g/mol. The first-order valence-corrected chi connectivity index (χ1v) is 15.9. The largest absolute Gasteiger partial charge is 2.00 e. The molecule has 0 spiro atoms. The van der Waals surface area contributed by atoms with E-state index in [9.17, 15) is 0 Å². The Balaban J connectivity index is 0.00000386. The Hall–Kier alpha value is -4.53. The minimum absolute atomic E-state index is 0. The Kier molecular flexibility index (Phi) is 8.68. The summed E-state index contributed by atoms with van der Waals surface area (Å²) < 4.78 is 2.07. The van der Waals surface area contributed by atoms with Crippen molar-refractivity contribution in [2.45, 2.75) is 52.4 Å². The van der Waals surface area contributed by atoms with E-state index in [1.165, 1.54) is 16.7 Å². The molecule has 5 heteroatoms. The number of fused-ring (bicyclic) bond motifs is 1. The van der Waals surface area contributed by atoms with Gasteiger partial charge in [0.2, 0.25) is 0 Å². The molecule has 4 heterocycles. The van der Waals surface area contributed by atoms with Crippen LogP contribution in [-0.2, 0) is 31.9 Å². The zero-order valence-electron chi connectivity index (χ0n) is 27.7. The average Bonchev–Trinajstić information content (AvgIpc) is 3.72. The maximum absolute atomic E-state index is 5.22. The Morgan fingerprint density at radius 2 is 1.28 bits per heavy atom. The monoisotopic (exact) mass is 793 g/mol. The third-order valence-electron chi connectivity index (χ3n) is 8.56. The van der Waals surface area contributed by atoms with E-state index >= 15 is 0 Å². The SMILES string of the molecule is CC(C)(C)c1cc(-c2cc(-c3ccccn3)[c-]c(-c3ccc4ccn(-c5ccc(-c6ccccc6)[n-]5)c4n3)c2)cc(C(C)(C)C)c1.[Pt+2]. The van der Waals surface area contributed by atoms with E-state index in [1.807, 2.05) is 48.8 Å². The van der Waals surface area contributed by atoms with Crippen LogP contribution < -0.4 is 4.98 Å². The summed E-state index contributed by atoms with van der Waals surface area (Å²) in [4.78, 5) is 14.9. The van der Waals surface area contributed by atoms with Crippen LogP contribution in [0.25, 0.3) is 61.8 Å². The van der Waals surface area contributed by atoms with Crippen molar-refractivity contribution in [1.82, 2.24) is 19.5 Å². The second-order valence-corrected chi connectivity index (χ2v) is 14.1. The van der Waals surface area contributed by atoms with Gasteiger partial charge in [0.25, 0.3) is 0 Å². The molecule has 236 valence electrons. The number of rotatable bonds is 5. The molecule has 47 heavy (non-hydrogen) atoms. The van der Waals surface area contributed by atoms with Gasteiger partial charge in [-0.3, -0.25) is 9.97 Å². The Morgan fingerprint density at radius 1 is 0.617 bits per heavy atom. The van der Waals surface area contributed by atoms with E-state index in [0.29, 0.717) is 0 Å². The summed E-state index contributed by atoms with van der Waals surface area (Å²) in [5.41, 5.74) is 11.5. The number of pyridine rings is 2. The zero-order valence-corrected chi connectivity index (χ0v) is 29.9. The molecule has 0 aliphatic rings. The van der Waals surface area contributed by atoms with Crippen LogP contribution in [0.1, 0.15) is 52.7 Å². The van der Waals surface area contributed by atoms with Crippen LogP contribution in [0.15, 0.2) is 122 Å². The fourth-order valence-electron chi connectivity index (χ4n) is 5.79. The molecule has 0 saturated carbocycles. The Morgan fingerprint density at radius 3 is 1.94 bits per heavy atom. The van der Waals surface area contributed by atoms with Crippen molar-refractivity contribution in [3.63, 3.8) is 0 Å². The number of aromatic nitrogens is 4. The summed E-state index contributed by atoms with van der Waals surface area (Å²) in [6.45, 7) is 13.7. The molecule has 7 rings (SSSR count). The molecule has 0 N–H and O–H groups in total. The van der Waals surface area contributed by atoms with E-state index in [4.69, 9.17) is 15.0 Å². The van der Waals surface area contributed by atoms with Gasteiger partial charge < -0.3 is 9.55 Å². The minimum Gasteiger partial charge on any atom is -0.435 e. The van der Waals surface area contributed by atoms with E-state index in [-0.39, 0.29) is 31.9 Å². The Labute approximate surface area is 292 Å². The van der Waals surface area contributed by atoms with Crippen LogP contribution in [0.4, 0.5) is 0 Å². The fourth-order valence-corrected chi connectivity index (χ4v) is 5.79. The molecule has 0 radical (unpaired) electrons. The van der Waals surface area contributed by atoms with Crippen LogP contribution in [0.3, 0.4) is 0 Å². The predicted molar refractivity (Wildman–Crippen MR) is 190 cm³/mol. The summed E-state index contributed by atoms with van der Waals surface area (Å²) in [6, 6.07) is 41.8. The van der Waals surface area contributed by atoms with Crippen LogP contribution in [0, 0.1) is 6.07 Å². The molecule has 0 aliphatic carbocycles. The molecule has 3 aromatic carbocycles. The molecule has 4 nitrogen and oxygen atoms in total. The Bertz CT molecular complexity index is 2130. The van der Waals surface area contributed by atoms with Crippen molar-refractivity contribution in [3.05, 3.63) is 139 Å². The predicted octanol–water partition coefficient (Wildman–Crippen LogP) is 10.4. The van der Waals surface area contributed by atoms with Crippen LogP contribution in [0.2, 0.25) is 0 Å². The first-order chi connectivity index (χ1) is 22.0. The van der Waals surface area contributed by atoms with Gasteiger partial charge in [0, 0.05) is 17.6 Å². The van der Waals surface area contributed by atoms with Gasteiger partial charge in [-0.15, -0.1) is 18.2 Å². The first kappa shape index (κ1) is 32.4. The number of hydrogen-bond acceptors (Lipinski definition) is 2. The van der Waals surface area contributed by atoms with Gasteiger partial charge in [-0.2, -0.15) is 0 Å². The van der Waals surface area contributed by atoms with Crippen LogP contribution >= 0.6 is 0 Å². The van der Waals surface area contributed by atoms with E-state index in [0.717, 1.165) is 56.2 Å². The second-order valence-electron chi connectivity index (χ2n) is 14.1. The van der Waals surface area contributed by atoms with Crippen molar-refractivity contribution in [2.24, 2.45) is 0 Å². The molecule has 7 aromatic rings. The van der Waals surface area contributed by atoms with Crippen molar-refractivity contribution in [3.8, 4) is 50.7 Å². The molecular weight excluding hydrogens is 756 g/mol. The standard InChI is InChI=1S/C42H38N4.Pt/c1-41(2,3)34-25-31(26-35(27-34)42(4,5)6)30-22-32(36-14-10-11-20-43-36)24-33(23-30)38-16-15-29-19-21-46(40(29)45-38)39-18-17-37(44-39)28-12-8-7-9-13-28;/h7-23,25-27H,1-6H3;/q-2;+2. The summed E-state index contributed by atoms with van der Waals surface area (Å²) in [5, 5.41) is 1.06. The van der Waals surface area contributed by atoms with E-state index < -0.39 is 0 Å². The molecule has 0 aliphatic heterocycles. The number of hydrogen-bond donors (Lipinski definition) is 0. The maximum Gasteiger partial charge on any atom is 2.00 e. The molecule has 0 atom stereocenters. The number of nitrogens with zero attached hydrogens (tertiary/aromatic N) is 4. The van der Waals surface area contributed by atoms with Crippen molar-refractivity contribution < 1.29 is 21.1 Å². The second kappa shape index (κ2) is 12.6. The number of benzene rings is 3. The first-order valence-electron chi connectivity index (χ1n) is 15.9. The molecule has 4 aromatic heterocycles. The van der Waals surface area contributed by atoms with Gasteiger partial charge in [-0.05, 0) is 50.2 Å². The topological polar surface area (TPSA) is 44.8 Å². The molecule has 0 bridgehead atoms. The quantitative estimate of drug-likeness (QED) is 0.163. The molecule has 0 saturated heterocycles. The van der Waals surface area contributed by atoms with Crippen molar-refractivity contribution in [2.75, 3.05) is 0 Å². The summed E-state index contributed by atoms with van der Waals surface area (Å²) in [7, 11) is 0.